The molecular formula is C48H76F4N6O19S. The average Bonchev–Trinajstić information content (AvgIpc) is 3.65. The molecule has 0 fully saturated rings. The molecule has 1 aliphatic heterocycles. The Labute approximate surface area is 451 Å². The molecule has 78 heavy (non-hydrogen) atoms. The number of amides is 2. The molecule has 0 radical (unpaired) electrons. The maximum Gasteiger partial charge on any atom is 0.313 e. The fourth-order valence-corrected chi connectivity index (χ4v) is 6.95. The number of aliphatic hydroxyl groups is 1. The number of aliphatic imine (C=N–C) groups is 2. The third-order valence-electron chi connectivity index (χ3n) is 10.1. The molecule has 1 atom stereocenters. The van der Waals surface area contributed by atoms with Crippen LogP contribution < -0.4 is 21.5 Å². The zero-order valence-corrected chi connectivity index (χ0v) is 45.0. The minimum absolute atomic E-state index is 0.0134. The third-order valence-corrected chi connectivity index (χ3v) is 10.9. The van der Waals surface area contributed by atoms with Crippen molar-refractivity contribution in [1.29, 1.82) is 0 Å². The highest BCUT2D eigenvalue weighted by Gasteiger charge is 2.34. The number of hydroxylamine groups is 2. The van der Waals surface area contributed by atoms with Crippen molar-refractivity contribution in [2.24, 2.45) is 21.5 Å². The monoisotopic (exact) mass is 1150 g/mol. The van der Waals surface area contributed by atoms with E-state index in [1.807, 2.05) is 6.92 Å². The molecule has 2 rings (SSSR count). The van der Waals surface area contributed by atoms with Crippen LogP contribution in [0.2, 0.25) is 0 Å². The fourth-order valence-electron chi connectivity index (χ4n) is 6.32. The largest absolute Gasteiger partial charge is 0.420 e. The standard InChI is InChI=1S/C48H76F4N6O19S/c1-3-11-58(76-4-2)48(62)35-32-36(37(34-53)57-39(54)33-35)55-9-6-5-7-38(59)47(61)56-10-13-67-15-17-69-19-21-71-23-25-73-27-29-75-31-30-74-28-26-72-24-22-70-20-18-68-16-14-66-12-8-40(60)77-45-41(49)43(51)46(78(63,64)65)44(52)42(45)50/h32,34,38,59H,3-31,33,53H2,1-2H3,(H2,54,57)(H,56,61)(H,63,64,65)/t38-/m0/s1. The molecule has 1 aromatic rings. The van der Waals surface area contributed by atoms with Crippen molar-refractivity contribution in [2.75, 3.05) is 158 Å². The maximum atomic E-state index is 14.0. The minimum Gasteiger partial charge on any atom is -0.420 e. The van der Waals surface area contributed by atoms with Gasteiger partial charge in [0.15, 0.2) is 16.5 Å². The number of rotatable bonds is 46. The van der Waals surface area contributed by atoms with E-state index < -0.39 is 68.4 Å². The smallest absolute Gasteiger partial charge is 0.313 e. The molecule has 0 saturated heterocycles. The van der Waals surface area contributed by atoms with Crippen LogP contribution in [0.4, 0.5) is 17.6 Å². The molecule has 0 aromatic heterocycles. The number of allylic oxidation sites excluding steroid dienone is 1. The van der Waals surface area contributed by atoms with Gasteiger partial charge in [0.2, 0.25) is 23.3 Å². The Kier molecular flexibility index (Phi) is 37.4. The predicted molar refractivity (Wildman–Crippen MR) is 270 cm³/mol. The van der Waals surface area contributed by atoms with E-state index in [1.54, 1.807) is 13.0 Å². The first kappa shape index (κ1) is 69.3. The number of hydrogen-bond donors (Lipinski definition) is 5. The van der Waals surface area contributed by atoms with Gasteiger partial charge in [0, 0.05) is 37.8 Å². The molecule has 25 nitrogen and oxygen atoms in total. The topological polar surface area (TPSA) is 329 Å². The van der Waals surface area contributed by atoms with Crippen LogP contribution in [-0.4, -0.2) is 217 Å². The molecule has 1 aromatic carbocycles. The number of ether oxygens (including phenoxy) is 11. The molecule has 1 heterocycles. The summed E-state index contributed by atoms with van der Waals surface area (Å²) in [6, 6.07) is 0. The summed E-state index contributed by atoms with van der Waals surface area (Å²) in [4.78, 5) is 49.4. The molecule has 0 unspecified atom stereocenters. The van der Waals surface area contributed by atoms with Gasteiger partial charge in [0.25, 0.3) is 5.91 Å². The number of nitrogens with two attached hydrogens (primary N) is 2. The first-order chi connectivity index (χ1) is 37.6. The summed E-state index contributed by atoms with van der Waals surface area (Å²) < 4.78 is 145. The normalized spacial score (nSPS) is 14.4. The van der Waals surface area contributed by atoms with Crippen molar-refractivity contribution < 1.29 is 107 Å². The minimum atomic E-state index is -5.65. The Balaban J connectivity index is 1.31. The van der Waals surface area contributed by atoms with E-state index in [2.05, 4.69) is 20.0 Å². The van der Waals surface area contributed by atoms with Gasteiger partial charge in [0.05, 0.1) is 151 Å². The summed E-state index contributed by atoms with van der Waals surface area (Å²) in [5, 5.41) is 14.3. The van der Waals surface area contributed by atoms with E-state index in [4.69, 9.17) is 68.2 Å². The summed E-state index contributed by atoms with van der Waals surface area (Å²) in [6.45, 7) is 10.7. The molecule has 0 aliphatic carbocycles. The number of halogens is 4. The number of hydrogen-bond acceptors (Lipinski definition) is 22. The van der Waals surface area contributed by atoms with E-state index >= 15 is 0 Å². The number of aliphatic hydroxyl groups excluding tert-OH is 1. The zero-order valence-electron chi connectivity index (χ0n) is 44.2. The molecule has 0 bridgehead atoms. The molecule has 0 spiro atoms. The Morgan fingerprint density at radius 3 is 1.60 bits per heavy atom. The molecular weight excluding hydrogens is 1070 g/mol. The average molecular weight is 1150 g/mol. The van der Waals surface area contributed by atoms with Gasteiger partial charge in [-0.15, -0.1) is 0 Å². The van der Waals surface area contributed by atoms with Gasteiger partial charge >= 0.3 is 16.1 Å². The van der Waals surface area contributed by atoms with Crippen molar-refractivity contribution in [3.05, 3.63) is 46.8 Å². The van der Waals surface area contributed by atoms with Crippen LogP contribution in [0.25, 0.3) is 0 Å². The summed E-state index contributed by atoms with van der Waals surface area (Å²) in [5.41, 5.74) is 13.0. The Hall–Kier alpha value is -4.80. The van der Waals surface area contributed by atoms with Crippen LogP contribution in [0.3, 0.4) is 0 Å². The Bertz CT molecular complexity index is 2130. The first-order valence-electron chi connectivity index (χ1n) is 25.3. The molecule has 30 heteroatoms. The Morgan fingerprint density at radius 1 is 0.731 bits per heavy atom. The third kappa shape index (κ3) is 29.4. The van der Waals surface area contributed by atoms with E-state index in [1.165, 1.54) is 11.3 Å². The lowest BCUT2D eigenvalue weighted by molar-refractivity contribution is -0.180. The number of unbranched alkanes of at least 4 members (excludes halogenated alkanes) is 1. The summed E-state index contributed by atoms with van der Waals surface area (Å²) >= 11 is 0. The number of nitrogens with zero attached hydrogens (tertiary/aromatic N) is 3. The van der Waals surface area contributed by atoms with Crippen LogP contribution >= 0.6 is 0 Å². The number of amidine groups is 1. The van der Waals surface area contributed by atoms with E-state index in [0.29, 0.717) is 148 Å². The number of esters is 1. The second-order valence-electron chi connectivity index (χ2n) is 16.1. The van der Waals surface area contributed by atoms with Gasteiger partial charge < -0.3 is 74.0 Å². The molecule has 7 N–H and O–H groups in total. The number of nitrogens with one attached hydrogen (secondary N) is 1. The molecule has 446 valence electrons. The lowest BCUT2D eigenvalue weighted by atomic mass is 10.1. The lowest BCUT2D eigenvalue weighted by Gasteiger charge is -2.21. The molecule has 0 saturated carbocycles. The SMILES string of the molecule is CCCN(OCC)C(=O)C1=CC(=NCCCC[C@H](O)C(=O)NCCOCCOCCOCCOCCOCCOCCOCCOCCOCCOCCC(=O)Oc2c(F)c(F)c(S(=O)(=O)O)c(F)c2F)C(=CN)N=C(N)C1. The van der Waals surface area contributed by atoms with E-state index in [0.717, 1.165) is 0 Å². The maximum absolute atomic E-state index is 14.0. The number of carbonyl (C=O) groups is 3. The van der Waals surface area contributed by atoms with E-state index in [9.17, 15) is 45.5 Å². The van der Waals surface area contributed by atoms with Crippen molar-refractivity contribution in [3.8, 4) is 5.75 Å². The Morgan fingerprint density at radius 2 is 1.18 bits per heavy atom. The lowest BCUT2D eigenvalue weighted by Crippen LogP contribution is -2.36. The van der Waals surface area contributed by atoms with Crippen molar-refractivity contribution >= 4 is 39.4 Å². The highest BCUT2D eigenvalue weighted by atomic mass is 32.2. The van der Waals surface area contributed by atoms with Gasteiger partial charge in [-0.05, 0) is 38.7 Å². The zero-order chi connectivity index (χ0) is 57.4. The quantitative estimate of drug-likeness (QED) is 0.0118. The number of carbonyl (C=O) groups excluding carboxylic acids is 3. The van der Waals surface area contributed by atoms with Gasteiger partial charge in [-0.25, -0.2) is 18.8 Å². The van der Waals surface area contributed by atoms with Crippen LogP contribution in [0.1, 0.15) is 52.4 Å². The second-order valence-corrected chi connectivity index (χ2v) is 17.5. The van der Waals surface area contributed by atoms with Gasteiger partial charge in [-0.3, -0.25) is 28.8 Å². The molecule has 1 aliphatic rings. The van der Waals surface area contributed by atoms with Crippen LogP contribution in [0, 0.1) is 23.3 Å². The highest BCUT2D eigenvalue weighted by molar-refractivity contribution is 7.85. The van der Waals surface area contributed by atoms with E-state index in [-0.39, 0.29) is 70.8 Å². The highest BCUT2D eigenvalue weighted by Crippen LogP contribution is 2.32. The van der Waals surface area contributed by atoms with Crippen molar-refractivity contribution in [3.63, 3.8) is 0 Å². The van der Waals surface area contributed by atoms with Gasteiger partial charge in [-0.2, -0.15) is 17.2 Å². The van der Waals surface area contributed by atoms with Gasteiger partial charge in [-0.1, -0.05) is 6.92 Å². The summed E-state index contributed by atoms with van der Waals surface area (Å²) in [7, 11) is -5.65. The van der Waals surface area contributed by atoms with Crippen molar-refractivity contribution in [2.45, 2.75) is 63.4 Å². The summed E-state index contributed by atoms with van der Waals surface area (Å²) in [6.07, 6.45) is 3.26. The fraction of sp³-hybridized carbons (Fsp3) is 0.688. The first-order valence-corrected chi connectivity index (χ1v) is 26.7. The predicted octanol–water partition coefficient (Wildman–Crippen LogP) is 1.72. The molecule has 2 amide bonds. The van der Waals surface area contributed by atoms with Crippen LogP contribution in [-0.2, 0) is 76.7 Å². The second kappa shape index (κ2) is 42.1. The summed E-state index contributed by atoms with van der Waals surface area (Å²) in [5.74, 6) is -13.3. The van der Waals surface area contributed by atoms with Crippen LogP contribution in [0.15, 0.2) is 38.4 Å². The van der Waals surface area contributed by atoms with Gasteiger partial charge in [0.1, 0.15) is 17.6 Å². The van der Waals surface area contributed by atoms with Crippen molar-refractivity contribution in [1.82, 2.24) is 10.4 Å². The number of benzene rings is 1. The van der Waals surface area contributed by atoms with Crippen LogP contribution in [0.5, 0.6) is 5.75 Å².